The Morgan fingerprint density at radius 3 is 2.33 bits per heavy atom. The standard InChI is InChI=1S/C30H35N7O4S/c38-30(34-42(39,40)24-11-18-41-20-24)25-19-26(36-16-14-35(15-17-36)22-9-12-31-13-10-22)27-28(21-5-4-6-21)33-37(29(27)32-25)23-7-2-1-3-8-23/h9-13,18-21,23H,1-8,14-17H2,(H,34,38). The molecule has 0 radical (unpaired) electrons. The third kappa shape index (κ3) is 5.01. The van der Waals surface area contributed by atoms with Crippen molar-refractivity contribution in [3.05, 3.63) is 60.6 Å². The maximum Gasteiger partial charge on any atom is 0.283 e. The van der Waals surface area contributed by atoms with Crippen LogP contribution in [0.4, 0.5) is 11.4 Å². The van der Waals surface area contributed by atoms with Crippen molar-refractivity contribution in [2.24, 2.45) is 0 Å². The van der Waals surface area contributed by atoms with E-state index < -0.39 is 15.9 Å². The molecule has 11 nitrogen and oxygen atoms in total. The minimum atomic E-state index is -4.11. The second-order valence-corrected chi connectivity index (χ2v) is 13.2. The fraction of sp³-hybridized carbons (Fsp3) is 0.467. The van der Waals surface area contributed by atoms with Crippen molar-refractivity contribution in [2.75, 3.05) is 36.0 Å². The maximum absolute atomic E-state index is 13.5. The van der Waals surface area contributed by atoms with Crippen LogP contribution >= 0.6 is 0 Å². The maximum atomic E-state index is 13.5. The number of hydrogen-bond acceptors (Lipinski definition) is 9. The number of aromatic nitrogens is 4. The summed E-state index contributed by atoms with van der Waals surface area (Å²) in [5.74, 6) is -0.395. The molecule has 1 saturated heterocycles. The van der Waals surface area contributed by atoms with Gasteiger partial charge in [-0.05, 0) is 49.9 Å². The molecule has 4 aromatic heterocycles. The Hall–Kier alpha value is -3.93. The van der Waals surface area contributed by atoms with Crippen molar-refractivity contribution >= 4 is 38.3 Å². The summed E-state index contributed by atoms with van der Waals surface area (Å²) >= 11 is 0. The number of nitrogens with zero attached hydrogens (tertiary/aromatic N) is 6. The summed E-state index contributed by atoms with van der Waals surface area (Å²) in [5, 5.41) is 6.23. The lowest BCUT2D eigenvalue weighted by atomic mass is 9.82. The van der Waals surface area contributed by atoms with E-state index in [1.807, 2.05) is 12.1 Å². The first kappa shape index (κ1) is 26.9. The molecule has 2 saturated carbocycles. The zero-order chi connectivity index (χ0) is 28.7. The van der Waals surface area contributed by atoms with Crippen LogP contribution in [0.2, 0.25) is 0 Å². The number of carbonyl (C=O) groups excluding carboxylic acids is 1. The highest BCUT2D eigenvalue weighted by molar-refractivity contribution is 7.90. The Bertz CT molecular complexity index is 1670. The lowest BCUT2D eigenvalue weighted by Gasteiger charge is -2.38. The quantitative estimate of drug-likeness (QED) is 0.328. The number of hydrogen-bond donors (Lipinski definition) is 1. The van der Waals surface area contributed by atoms with Crippen LogP contribution < -0.4 is 14.5 Å². The number of fused-ring (bicyclic) bond motifs is 1. The highest BCUT2D eigenvalue weighted by Gasteiger charge is 2.33. The third-order valence-electron chi connectivity index (χ3n) is 8.99. The van der Waals surface area contributed by atoms with E-state index in [0.29, 0.717) is 11.6 Å². The summed E-state index contributed by atoms with van der Waals surface area (Å²) in [4.78, 5) is 27.0. The van der Waals surface area contributed by atoms with Gasteiger partial charge in [0.2, 0.25) is 0 Å². The van der Waals surface area contributed by atoms with Crippen molar-refractivity contribution in [3.63, 3.8) is 0 Å². The average Bonchev–Trinajstić information content (AvgIpc) is 3.67. The first-order valence-corrected chi connectivity index (χ1v) is 16.4. The Morgan fingerprint density at radius 2 is 1.67 bits per heavy atom. The first-order valence-electron chi connectivity index (χ1n) is 14.9. The van der Waals surface area contributed by atoms with Gasteiger partial charge in [0.25, 0.3) is 15.9 Å². The number of anilines is 2. The van der Waals surface area contributed by atoms with Crippen molar-refractivity contribution < 1.29 is 17.6 Å². The van der Waals surface area contributed by atoms with E-state index in [4.69, 9.17) is 14.5 Å². The lowest BCUT2D eigenvalue weighted by Crippen LogP contribution is -2.46. The molecule has 220 valence electrons. The number of sulfonamides is 1. The van der Waals surface area contributed by atoms with Crippen LogP contribution in [0.25, 0.3) is 11.0 Å². The molecular formula is C30H35N7O4S. The molecule has 0 atom stereocenters. The molecular weight excluding hydrogens is 554 g/mol. The van der Waals surface area contributed by atoms with Crippen LogP contribution in [-0.2, 0) is 10.0 Å². The van der Waals surface area contributed by atoms with E-state index in [1.165, 1.54) is 25.2 Å². The van der Waals surface area contributed by atoms with E-state index in [0.717, 1.165) is 93.4 Å². The number of furan rings is 1. The topological polar surface area (TPSA) is 126 Å². The number of rotatable bonds is 7. The highest BCUT2D eigenvalue weighted by Crippen LogP contribution is 2.44. The minimum Gasteiger partial charge on any atom is -0.471 e. The molecule has 3 aliphatic rings. The van der Waals surface area contributed by atoms with Crippen LogP contribution in [0.5, 0.6) is 0 Å². The summed E-state index contributed by atoms with van der Waals surface area (Å²) in [6.45, 7) is 3.10. The minimum absolute atomic E-state index is 0.0678. The predicted octanol–water partition coefficient (Wildman–Crippen LogP) is 4.64. The van der Waals surface area contributed by atoms with Gasteiger partial charge in [0, 0.05) is 50.2 Å². The van der Waals surface area contributed by atoms with Crippen molar-refractivity contribution in [1.82, 2.24) is 24.5 Å². The van der Waals surface area contributed by atoms with Crippen molar-refractivity contribution in [1.29, 1.82) is 0 Å². The normalized spacial score (nSPS) is 18.8. The van der Waals surface area contributed by atoms with Gasteiger partial charge in [0.15, 0.2) is 5.65 Å². The van der Waals surface area contributed by atoms with E-state index in [2.05, 4.69) is 24.2 Å². The van der Waals surface area contributed by atoms with Gasteiger partial charge in [-0.25, -0.2) is 22.8 Å². The SMILES string of the molecule is O=C(NS(=O)(=O)c1ccoc1)c1cc(N2CCN(c3ccncc3)CC2)c2c(C3CCC3)nn(C3CCCCC3)c2n1. The van der Waals surface area contributed by atoms with Gasteiger partial charge in [-0.1, -0.05) is 25.7 Å². The van der Waals surface area contributed by atoms with Crippen molar-refractivity contribution in [2.45, 2.75) is 68.2 Å². The fourth-order valence-electron chi connectivity index (χ4n) is 6.46. The smallest absolute Gasteiger partial charge is 0.283 e. The monoisotopic (exact) mass is 589 g/mol. The summed E-state index contributed by atoms with van der Waals surface area (Å²) in [5.41, 5.74) is 3.86. The van der Waals surface area contributed by atoms with E-state index in [-0.39, 0.29) is 16.6 Å². The molecule has 0 spiro atoms. The van der Waals surface area contributed by atoms with E-state index in [9.17, 15) is 13.2 Å². The van der Waals surface area contributed by atoms with Gasteiger partial charge in [0.1, 0.15) is 16.9 Å². The number of amides is 1. The van der Waals surface area contributed by atoms with Gasteiger partial charge in [-0.2, -0.15) is 5.10 Å². The van der Waals surface area contributed by atoms with Crippen molar-refractivity contribution in [3.8, 4) is 0 Å². The van der Waals surface area contributed by atoms with Crippen LogP contribution in [-0.4, -0.2) is 60.3 Å². The van der Waals surface area contributed by atoms with E-state index in [1.54, 1.807) is 18.5 Å². The molecule has 1 N–H and O–H groups in total. The van der Waals surface area contributed by atoms with Gasteiger partial charge >= 0.3 is 0 Å². The summed E-state index contributed by atoms with van der Waals surface area (Å²) in [6.07, 6.45) is 14.9. The average molecular weight is 590 g/mol. The molecule has 0 unspecified atom stereocenters. The number of pyridine rings is 2. The molecule has 12 heteroatoms. The molecule has 1 amide bonds. The molecule has 3 fully saturated rings. The number of nitrogens with one attached hydrogen (secondary N) is 1. The molecule has 0 aromatic carbocycles. The second kappa shape index (κ2) is 11.0. The third-order valence-corrected chi connectivity index (χ3v) is 10.3. The predicted molar refractivity (Wildman–Crippen MR) is 158 cm³/mol. The Kier molecular flexibility index (Phi) is 7.09. The lowest BCUT2D eigenvalue weighted by molar-refractivity contribution is 0.0977. The first-order chi connectivity index (χ1) is 20.5. The number of piperazine rings is 1. The Morgan fingerprint density at radius 1 is 0.929 bits per heavy atom. The molecule has 5 heterocycles. The Labute approximate surface area is 245 Å². The summed E-state index contributed by atoms with van der Waals surface area (Å²) in [7, 11) is -4.11. The van der Waals surface area contributed by atoms with Gasteiger partial charge in [0.05, 0.1) is 29.1 Å². The molecule has 7 rings (SSSR count). The summed E-state index contributed by atoms with van der Waals surface area (Å²) in [6, 6.07) is 7.33. The highest BCUT2D eigenvalue weighted by atomic mass is 32.2. The summed E-state index contributed by atoms with van der Waals surface area (Å²) < 4.78 is 35.0. The van der Waals surface area contributed by atoms with Gasteiger partial charge in [-0.15, -0.1) is 0 Å². The molecule has 2 aliphatic carbocycles. The fourth-order valence-corrected chi connectivity index (χ4v) is 7.34. The zero-order valence-corrected chi connectivity index (χ0v) is 24.3. The zero-order valence-electron chi connectivity index (χ0n) is 23.5. The van der Waals surface area contributed by atoms with Crippen LogP contribution in [0.3, 0.4) is 0 Å². The van der Waals surface area contributed by atoms with Gasteiger partial charge < -0.3 is 14.2 Å². The molecule has 42 heavy (non-hydrogen) atoms. The van der Waals surface area contributed by atoms with Crippen LogP contribution in [0.15, 0.2) is 58.5 Å². The largest absolute Gasteiger partial charge is 0.471 e. The second-order valence-electron chi connectivity index (χ2n) is 11.5. The molecule has 4 aromatic rings. The molecule has 0 bridgehead atoms. The number of carbonyl (C=O) groups is 1. The van der Waals surface area contributed by atoms with Gasteiger partial charge in [-0.3, -0.25) is 9.78 Å². The van der Waals surface area contributed by atoms with Crippen LogP contribution in [0, 0.1) is 0 Å². The Balaban J connectivity index is 1.30. The van der Waals surface area contributed by atoms with E-state index >= 15 is 0 Å². The molecule has 1 aliphatic heterocycles. The van der Waals surface area contributed by atoms with Crippen LogP contribution in [0.1, 0.15) is 79.5 Å².